The summed E-state index contributed by atoms with van der Waals surface area (Å²) in [5, 5.41) is 5.45. The molecule has 2 N–H and O–H groups in total. The number of benzene rings is 2. The van der Waals surface area contributed by atoms with E-state index in [1.807, 2.05) is 44.2 Å². The van der Waals surface area contributed by atoms with Crippen LogP contribution in [0.15, 0.2) is 46.9 Å². The van der Waals surface area contributed by atoms with E-state index in [2.05, 4.69) is 26.6 Å². The van der Waals surface area contributed by atoms with Gasteiger partial charge in [0.25, 0.3) is 5.91 Å². The lowest BCUT2D eigenvalue weighted by Gasteiger charge is -2.11. The average Bonchev–Trinajstić information content (AvgIpc) is 2.66. The number of nitrogens with one attached hydrogen (secondary N) is 2. The number of aryl methyl sites for hydroxylation is 2. The number of hydrogen-bond donors (Lipinski definition) is 2. The molecule has 0 aliphatic rings. The summed E-state index contributed by atoms with van der Waals surface area (Å²) < 4.78 is 5.88. The molecular formula is C21H23BrN2O4. The Bertz CT molecular complexity index is 867. The number of carbonyl (C=O) groups excluding carboxylic acids is 3. The molecule has 7 heteroatoms. The Hall–Kier alpha value is -2.67. The van der Waals surface area contributed by atoms with Crippen molar-refractivity contribution in [3.05, 3.63) is 58.1 Å². The first-order valence-corrected chi connectivity index (χ1v) is 9.77. The molecule has 0 aliphatic carbocycles. The summed E-state index contributed by atoms with van der Waals surface area (Å²) in [4.78, 5) is 35.7. The molecule has 2 aromatic rings. The van der Waals surface area contributed by atoms with Crippen LogP contribution in [0.2, 0.25) is 0 Å². The summed E-state index contributed by atoms with van der Waals surface area (Å²) in [6, 6.07) is 12.9. The molecular weight excluding hydrogens is 424 g/mol. The normalized spacial score (nSPS) is 10.2. The van der Waals surface area contributed by atoms with Crippen LogP contribution in [0, 0.1) is 6.92 Å². The lowest BCUT2D eigenvalue weighted by atomic mass is 10.1. The number of carbonyl (C=O) groups is 3. The molecule has 0 fully saturated rings. The molecule has 0 aliphatic heterocycles. The van der Waals surface area contributed by atoms with E-state index >= 15 is 0 Å². The third kappa shape index (κ3) is 7.15. The van der Waals surface area contributed by atoms with Gasteiger partial charge in [-0.2, -0.15) is 0 Å². The van der Waals surface area contributed by atoms with Gasteiger partial charge in [-0.1, -0.05) is 35.0 Å². The van der Waals surface area contributed by atoms with Gasteiger partial charge >= 0.3 is 5.97 Å². The van der Waals surface area contributed by atoms with Crippen molar-refractivity contribution < 1.29 is 19.1 Å². The maximum atomic E-state index is 12.0. The second-order valence-corrected chi connectivity index (χ2v) is 7.20. The standard InChI is InChI=1S/C21H23BrN2O4/c1-3-15-12-16(22)7-8-18(15)24-20(26)13-28-21(27)10-9-19(25)23-17-6-4-5-14(2)11-17/h4-8,11-12H,3,9-10,13H2,1-2H3,(H,23,25)(H,24,26). The van der Waals surface area contributed by atoms with Crippen molar-refractivity contribution in [2.45, 2.75) is 33.1 Å². The van der Waals surface area contributed by atoms with Crippen molar-refractivity contribution >= 4 is 45.1 Å². The number of amides is 2. The van der Waals surface area contributed by atoms with Gasteiger partial charge < -0.3 is 15.4 Å². The molecule has 148 valence electrons. The zero-order chi connectivity index (χ0) is 20.5. The molecule has 0 saturated heterocycles. The van der Waals surface area contributed by atoms with Crippen LogP contribution >= 0.6 is 15.9 Å². The largest absolute Gasteiger partial charge is 0.456 e. The van der Waals surface area contributed by atoms with Crippen molar-refractivity contribution in [1.82, 2.24) is 0 Å². The van der Waals surface area contributed by atoms with Crippen molar-refractivity contribution in [1.29, 1.82) is 0 Å². The van der Waals surface area contributed by atoms with Gasteiger partial charge in [-0.05, 0) is 54.8 Å². The monoisotopic (exact) mass is 446 g/mol. The Morgan fingerprint density at radius 3 is 2.50 bits per heavy atom. The van der Waals surface area contributed by atoms with E-state index in [1.165, 1.54) is 0 Å². The molecule has 2 aromatic carbocycles. The molecule has 0 atom stereocenters. The van der Waals surface area contributed by atoms with Crippen LogP contribution in [0.4, 0.5) is 11.4 Å². The number of hydrogen-bond acceptors (Lipinski definition) is 4. The van der Waals surface area contributed by atoms with E-state index < -0.39 is 18.5 Å². The van der Waals surface area contributed by atoms with E-state index in [0.29, 0.717) is 11.4 Å². The third-order valence-corrected chi connectivity index (χ3v) is 4.44. The molecule has 0 radical (unpaired) electrons. The highest BCUT2D eigenvalue weighted by atomic mass is 79.9. The van der Waals surface area contributed by atoms with Crippen LogP contribution in [0.1, 0.15) is 30.9 Å². The molecule has 0 unspecified atom stereocenters. The van der Waals surface area contributed by atoms with Gasteiger partial charge in [-0.3, -0.25) is 14.4 Å². The molecule has 0 saturated carbocycles. The van der Waals surface area contributed by atoms with Crippen molar-refractivity contribution in [2.75, 3.05) is 17.2 Å². The zero-order valence-corrected chi connectivity index (χ0v) is 17.5. The molecule has 2 amide bonds. The smallest absolute Gasteiger partial charge is 0.306 e. The summed E-state index contributed by atoms with van der Waals surface area (Å²) in [5.41, 5.74) is 3.37. The predicted molar refractivity (Wildman–Crippen MR) is 112 cm³/mol. The van der Waals surface area contributed by atoms with Gasteiger partial charge in [0.15, 0.2) is 6.61 Å². The lowest BCUT2D eigenvalue weighted by molar-refractivity contribution is -0.147. The van der Waals surface area contributed by atoms with Crippen LogP contribution in [-0.4, -0.2) is 24.4 Å². The van der Waals surface area contributed by atoms with Crippen LogP contribution in [0.3, 0.4) is 0 Å². The van der Waals surface area contributed by atoms with Crippen LogP contribution in [-0.2, 0) is 25.5 Å². The number of esters is 1. The second kappa shape index (κ2) is 10.6. The number of anilines is 2. The number of rotatable bonds is 8. The minimum Gasteiger partial charge on any atom is -0.456 e. The topological polar surface area (TPSA) is 84.5 Å². The van der Waals surface area contributed by atoms with Crippen molar-refractivity contribution in [2.24, 2.45) is 0 Å². The maximum absolute atomic E-state index is 12.0. The quantitative estimate of drug-likeness (QED) is 0.594. The molecule has 0 bridgehead atoms. The molecule has 2 rings (SSSR count). The minimum absolute atomic E-state index is 0.0128. The predicted octanol–water partition coefficient (Wildman–Crippen LogP) is 4.22. The van der Waals surface area contributed by atoms with Crippen LogP contribution in [0.25, 0.3) is 0 Å². The summed E-state index contributed by atoms with van der Waals surface area (Å²) in [6.45, 7) is 3.52. The first-order valence-electron chi connectivity index (χ1n) is 8.97. The third-order valence-electron chi connectivity index (χ3n) is 3.94. The highest BCUT2D eigenvalue weighted by Crippen LogP contribution is 2.21. The van der Waals surface area contributed by atoms with Crippen LogP contribution < -0.4 is 10.6 Å². The zero-order valence-electron chi connectivity index (χ0n) is 15.9. The van der Waals surface area contributed by atoms with E-state index in [-0.39, 0.29) is 18.7 Å². The first kappa shape index (κ1) is 21.6. The Balaban J connectivity index is 1.73. The molecule has 0 aromatic heterocycles. The highest BCUT2D eigenvalue weighted by Gasteiger charge is 2.12. The van der Waals surface area contributed by atoms with E-state index in [0.717, 1.165) is 22.0 Å². The fourth-order valence-electron chi connectivity index (χ4n) is 2.54. The molecule has 6 nitrogen and oxygen atoms in total. The highest BCUT2D eigenvalue weighted by molar-refractivity contribution is 9.10. The summed E-state index contributed by atoms with van der Waals surface area (Å²) in [5.74, 6) is -1.30. The Morgan fingerprint density at radius 1 is 1.00 bits per heavy atom. The SMILES string of the molecule is CCc1cc(Br)ccc1NC(=O)COC(=O)CCC(=O)Nc1cccc(C)c1. The van der Waals surface area contributed by atoms with Gasteiger partial charge in [0.1, 0.15) is 0 Å². The van der Waals surface area contributed by atoms with Crippen molar-refractivity contribution in [3.8, 4) is 0 Å². The summed E-state index contributed by atoms with van der Waals surface area (Å²) in [6.07, 6.45) is 0.648. The minimum atomic E-state index is -0.596. The Kier molecular flexibility index (Phi) is 8.19. The van der Waals surface area contributed by atoms with Gasteiger partial charge in [-0.25, -0.2) is 0 Å². The van der Waals surface area contributed by atoms with Gasteiger partial charge in [0.2, 0.25) is 5.91 Å². The first-order chi connectivity index (χ1) is 13.4. The fraction of sp³-hybridized carbons (Fsp3) is 0.286. The van der Waals surface area contributed by atoms with Crippen LogP contribution in [0.5, 0.6) is 0 Å². The molecule has 0 heterocycles. The van der Waals surface area contributed by atoms with E-state index in [9.17, 15) is 14.4 Å². The average molecular weight is 447 g/mol. The number of halogens is 1. The van der Waals surface area contributed by atoms with Gasteiger partial charge in [0, 0.05) is 22.3 Å². The molecule has 0 spiro atoms. The Morgan fingerprint density at radius 2 is 1.79 bits per heavy atom. The molecule has 28 heavy (non-hydrogen) atoms. The van der Waals surface area contributed by atoms with E-state index in [1.54, 1.807) is 12.1 Å². The Labute approximate surface area is 172 Å². The second-order valence-electron chi connectivity index (χ2n) is 6.28. The number of ether oxygens (including phenoxy) is 1. The van der Waals surface area contributed by atoms with Gasteiger partial charge in [0.05, 0.1) is 6.42 Å². The summed E-state index contributed by atoms with van der Waals surface area (Å²) in [7, 11) is 0. The fourth-order valence-corrected chi connectivity index (χ4v) is 2.95. The van der Waals surface area contributed by atoms with Gasteiger partial charge in [-0.15, -0.1) is 0 Å². The summed E-state index contributed by atoms with van der Waals surface area (Å²) >= 11 is 3.39. The van der Waals surface area contributed by atoms with Crippen molar-refractivity contribution in [3.63, 3.8) is 0 Å². The maximum Gasteiger partial charge on any atom is 0.306 e. The lowest BCUT2D eigenvalue weighted by Crippen LogP contribution is -2.22. The van der Waals surface area contributed by atoms with E-state index in [4.69, 9.17) is 4.74 Å².